The van der Waals surface area contributed by atoms with Gasteiger partial charge < -0.3 is 4.74 Å². The van der Waals surface area contributed by atoms with Crippen LogP contribution in [0.2, 0.25) is 0 Å². The minimum absolute atomic E-state index is 0.0226. The van der Waals surface area contributed by atoms with E-state index in [0.717, 1.165) is 27.9 Å². The van der Waals surface area contributed by atoms with Gasteiger partial charge in [0.15, 0.2) is 0 Å². The third-order valence-electron chi connectivity index (χ3n) is 4.14. The summed E-state index contributed by atoms with van der Waals surface area (Å²) in [6.07, 6.45) is 0.0226. The lowest BCUT2D eigenvalue weighted by molar-refractivity contribution is -0.132. The van der Waals surface area contributed by atoms with Gasteiger partial charge in [-0.25, -0.2) is 9.88 Å². The highest BCUT2D eigenvalue weighted by Crippen LogP contribution is 2.35. The molecule has 1 aromatic heterocycles. The summed E-state index contributed by atoms with van der Waals surface area (Å²) in [5.74, 6) is -0.808. The van der Waals surface area contributed by atoms with Crippen molar-refractivity contribution in [3.8, 4) is 11.8 Å². The average molecular weight is 395 g/mol. The molecule has 1 saturated heterocycles. The van der Waals surface area contributed by atoms with Gasteiger partial charge in [-0.3, -0.25) is 14.4 Å². The molecule has 1 unspecified atom stereocenters. The number of imide groups is 1. The van der Waals surface area contributed by atoms with Gasteiger partial charge in [0.25, 0.3) is 0 Å². The summed E-state index contributed by atoms with van der Waals surface area (Å²) in [6, 6.07) is 10.1. The molecule has 2 amide bonds. The van der Waals surface area contributed by atoms with Gasteiger partial charge in [-0.2, -0.15) is 5.26 Å². The molecule has 0 aliphatic carbocycles. The molecule has 0 N–H and O–H groups in total. The summed E-state index contributed by atoms with van der Waals surface area (Å²) < 4.78 is 4.96. The minimum atomic E-state index is -0.651. The number of nitrogens with zero attached hydrogens (tertiary/aromatic N) is 3. The van der Waals surface area contributed by atoms with Crippen LogP contribution in [0.15, 0.2) is 35.4 Å². The van der Waals surface area contributed by atoms with E-state index >= 15 is 0 Å². The summed E-state index contributed by atoms with van der Waals surface area (Å²) in [4.78, 5) is 41.8. The van der Waals surface area contributed by atoms with Gasteiger partial charge in [-0.15, -0.1) is 0 Å². The van der Waals surface area contributed by atoms with Crippen molar-refractivity contribution in [1.29, 1.82) is 5.26 Å². The largest absolute Gasteiger partial charge is 0.427 e. The quantitative estimate of drug-likeness (QED) is 0.446. The van der Waals surface area contributed by atoms with Crippen LogP contribution in [-0.4, -0.2) is 28.0 Å². The first kappa shape index (κ1) is 19.6. The van der Waals surface area contributed by atoms with E-state index in [2.05, 4.69) is 11.1 Å². The first-order valence-electron chi connectivity index (χ1n) is 8.50. The van der Waals surface area contributed by atoms with Crippen molar-refractivity contribution in [1.82, 2.24) is 4.98 Å². The molecule has 0 bridgehead atoms. The van der Waals surface area contributed by atoms with E-state index < -0.39 is 11.2 Å². The van der Waals surface area contributed by atoms with E-state index in [0.29, 0.717) is 22.0 Å². The molecule has 142 valence electrons. The van der Waals surface area contributed by atoms with Crippen LogP contribution in [0.25, 0.3) is 0 Å². The number of aromatic nitrogens is 1. The summed E-state index contributed by atoms with van der Waals surface area (Å²) in [6.45, 7) is 4.92. The van der Waals surface area contributed by atoms with E-state index in [1.807, 2.05) is 13.8 Å². The molecule has 28 heavy (non-hydrogen) atoms. The second-order valence-electron chi connectivity index (χ2n) is 6.34. The van der Waals surface area contributed by atoms with Gasteiger partial charge >= 0.3 is 5.97 Å². The predicted molar refractivity (Wildman–Crippen MR) is 103 cm³/mol. The number of thioether (sulfide) groups is 1. The highest BCUT2D eigenvalue weighted by Gasteiger charge is 2.40. The SMILES string of the molecule is CC(=O)Oc1ccc(N2C(=O)CC(Sc3nc(C)cc(C)c3C#N)C2=O)cc1. The van der Waals surface area contributed by atoms with Crippen LogP contribution in [0, 0.1) is 25.2 Å². The lowest BCUT2D eigenvalue weighted by Crippen LogP contribution is -2.31. The van der Waals surface area contributed by atoms with Gasteiger partial charge in [-0.1, -0.05) is 11.8 Å². The highest BCUT2D eigenvalue weighted by atomic mass is 32.2. The maximum Gasteiger partial charge on any atom is 0.308 e. The second kappa shape index (κ2) is 7.82. The highest BCUT2D eigenvalue weighted by molar-refractivity contribution is 8.00. The monoisotopic (exact) mass is 395 g/mol. The van der Waals surface area contributed by atoms with Crippen LogP contribution in [0.1, 0.15) is 30.2 Å². The van der Waals surface area contributed by atoms with E-state index in [4.69, 9.17) is 4.74 Å². The van der Waals surface area contributed by atoms with Crippen molar-refractivity contribution in [2.45, 2.75) is 37.5 Å². The molecule has 2 heterocycles. The molecule has 3 rings (SSSR count). The molecule has 2 aromatic rings. The van der Waals surface area contributed by atoms with Gasteiger partial charge in [0.05, 0.1) is 16.5 Å². The Morgan fingerprint density at radius 3 is 2.57 bits per heavy atom. The minimum Gasteiger partial charge on any atom is -0.427 e. The maximum atomic E-state index is 12.8. The molecule has 1 aromatic carbocycles. The van der Waals surface area contributed by atoms with Crippen molar-refractivity contribution in [3.63, 3.8) is 0 Å². The normalized spacial score (nSPS) is 16.2. The fraction of sp³-hybridized carbons (Fsp3) is 0.250. The number of hydrogen-bond donors (Lipinski definition) is 0. The van der Waals surface area contributed by atoms with Crippen LogP contribution >= 0.6 is 11.8 Å². The number of rotatable bonds is 4. The predicted octanol–water partition coefficient (Wildman–Crippen LogP) is 2.92. The number of carbonyl (C=O) groups is 3. The van der Waals surface area contributed by atoms with Crippen LogP contribution in [-0.2, 0) is 14.4 Å². The number of aryl methyl sites for hydroxylation is 2. The lowest BCUT2D eigenvalue weighted by Gasteiger charge is -2.15. The number of nitriles is 1. The fourth-order valence-corrected chi connectivity index (χ4v) is 4.18. The Balaban J connectivity index is 1.83. The number of hydrogen-bond acceptors (Lipinski definition) is 7. The van der Waals surface area contributed by atoms with E-state index in [1.54, 1.807) is 18.2 Å². The molecule has 1 aliphatic heterocycles. The molecule has 0 radical (unpaired) electrons. The molecule has 1 aliphatic rings. The van der Waals surface area contributed by atoms with E-state index in [9.17, 15) is 19.6 Å². The van der Waals surface area contributed by atoms with Gasteiger partial charge in [-0.05, 0) is 49.7 Å². The number of esters is 1. The zero-order chi connectivity index (χ0) is 20.4. The molecular formula is C20H17N3O4S. The molecule has 1 fully saturated rings. The van der Waals surface area contributed by atoms with Crippen LogP contribution in [0.5, 0.6) is 5.75 Å². The standard InChI is InChI=1S/C20H17N3O4S/c1-11-8-12(2)22-19(16(11)10-21)28-17-9-18(25)23(20(17)26)14-4-6-15(7-5-14)27-13(3)24/h4-8,17H,9H2,1-3H3. The molecule has 0 saturated carbocycles. The summed E-state index contributed by atoms with van der Waals surface area (Å²) in [7, 11) is 0. The molecule has 8 heteroatoms. The van der Waals surface area contributed by atoms with E-state index in [-0.39, 0.29) is 18.2 Å². The number of amides is 2. The zero-order valence-electron chi connectivity index (χ0n) is 15.6. The lowest BCUT2D eigenvalue weighted by atomic mass is 10.1. The number of anilines is 1. The van der Waals surface area contributed by atoms with E-state index in [1.165, 1.54) is 19.1 Å². The Labute approximate surface area is 166 Å². The first-order chi connectivity index (χ1) is 13.3. The van der Waals surface area contributed by atoms with Gasteiger partial charge in [0.2, 0.25) is 11.8 Å². The Hall–Kier alpha value is -3.18. The van der Waals surface area contributed by atoms with Crippen molar-refractivity contribution in [3.05, 3.63) is 47.2 Å². The third kappa shape index (κ3) is 3.89. The third-order valence-corrected chi connectivity index (χ3v) is 5.31. The Bertz CT molecular complexity index is 1010. The number of ether oxygens (including phenoxy) is 1. The van der Waals surface area contributed by atoms with Crippen LogP contribution in [0.4, 0.5) is 5.69 Å². The van der Waals surface area contributed by atoms with Crippen molar-refractivity contribution >= 4 is 35.2 Å². The first-order valence-corrected chi connectivity index (χ1v) is 9.38. The van der Waals surface area contributed by atoms with Gasteiger partial charge in [0.1, 0.15) is 16.8 Å². The number of carbonyl (C=O) groups excluding carboxylic acids is 3. The molecular weight excluding hydrogens is 378 g/mol. The maximum absolute atomic E-state index is 12.8. The average Bonchev–Trinajstić information content (AvgIpc) is 2.88. The molecule has 7 nitrogen and oxygen atoms in total. The summed E-state index contributed by atoms with van der Waals surface area (Å²) >= 11 is 1.14. The number of benzene rings is 1. The molecule has 0 spiro atoms. The summed E-state index contributed by atoms with van der Waals surface area (Å²) in [5, 5.41) is 9.20. The topological polar surface area (TPSA) is 100 Å². The Morgan fingerprint density at radius 1 is 1.29 bits per heavy atom. The number of pyridine rings is 1. The fourth-order valence-electron chi connectivity index (χ4n) is 2.96. The molecule has 1 atom stereocenters. The second-order valence-corrected chi connectivity index (χ2v) is 7.53. The Morgan fingerprint density at radius 2 is 1.96 bits per heavy atom. The van der Waals surface area contributed by atoms with Crippen LogP contribution < -0.4 is 9.64 Å². The van der Waals surface area contributed by atoms with Crippen LogP contribution in [0.3, 0.4) is 0 Å². The Kier molecular flexibility index (Phi) is 5.47. The smallest absolute Gasteiger partial charge is 0.308 e. The van der Waals surface area contributed by atoms with Crippen molar-refractivity contribution in [2.75, 3.05) is 4.90 Å². The summed E-state index contributed by atoms with van der Waals surface area (Å²) in [5.41, 5.74) is 2.35. The van der Waals surface area contributed by atoms with Gasteiger partial charge in [0, 0.05) is 19.0 Å². The van der Waals surface area contributed by atoms with Crippen molar-refractivity contribution < 1.29 is 19.1 Å². The van der Waals surface area contributed by atoms with Crippen molar-refractivity contribution in [2.24, 2.45) is 0 Å². The zero-order valence-corrected chi connectivity index (χ0v) is 16.4.